The van der Waals surface area contributed by atoms with Gasteiger partial charge in [-0.1, -0.05) is 26.7 Å². The topological polar surface area (TPSA) is 47.8 Å². The van der Waals surface area contributed by atoms with Crippen molar-refractivity contribution in [1.82, 2.24) is 14.5 Å². The van der Waals surface area contributed by atoms with Gasteiger partial charge in [-0.25, -0.2) is 9.78 Å². The van der Waals surface area contributed by atoms with Crippen LogP contribution in [0.5, 0.6) is 0 Å². The number of hydrogen-bond acceptors (Lipinski definition) is 3. The van der Waals surface area contributed by atoms with Crippen LogP contribution >= 0.6 is 0 Å². The molecule has 1 saturated carbocycles. The molecule has 2 heterocycles. The molecule has 2 unspecified atom stereocenters. The fourth-order valence-corrected chi connectivity index (χ4v) is 3.68. The van der Waals surface area contributed by atoms with E-state index >= 15 is 0 Å². The Labute approximate surface area is 131 Å². The van der Waals surface area contributed by atoms with Gasteiger partial charge in [0.2, 0.25) is 0 Å². The third-order valence-electron chi connectivity index (χ3n) is 4.91. The molecule has 0 spiro atoms. The van der Waals surface area contributed by atoms with Crippen LogP contribution in [0.2, 0.25) is 0 Å². The number of pyridine rings is 1. The summed E-state index contributed by atoms with van der Waals surface area (Å²) in [5.41, 5.74) is 2.67. The quantitative estimate of drug-likeness (QED) is 0.869. The van der Waals surface area contributed by atoms with E-state index in [1.54, 1.807) is 4.57 Å². The summed E-state index contributed by atoms with van der Waals surface area (Å²) in [7, 11) is 0. The fraction of sp³-hybridized carbons (Fsp3) is 0.611. The Bertz CT molecular complexity index is 735. The Kier molecular flexibility index (Phi) is 4.27. The van der Waals surface area contributed by atoms with Crippen molar-refractivity contribution in [3.05, 3.63) is 34.0 Å². The van der Waals surface area contributed by atoms with E-state index in [9.17, 15) is 4.79 Å². The van der Waals surface area contributed by atoms with E-state index in [2.05, 4.69) is 31.0 Å². The highest BCUT2D eigenvalue weighted by molar-refractivity contribution is 5.78. The molecule has 0 saturated heterocycles. The summed E-state index contributed by atoms with van der Waals surface area (Å²) in [5.74, 6) is 1.12. The second-order valence-corrected chi connectivity index (χ2v) is 6.52. The molecule has 1 aliphatic carbocycles. The normalized spacial score (nSPS) is 22.1. The van der Waals surface area contributed by atoms with Crippen LogP contribution < -0.4 is 5.69 Å². The van der Waals surface area contributed by atoms with E-state index in [4.69, 9.17) is 4.98 Å². The van der Waals surface area contributed by atoms with E-state index in [0.717, 1.165) is 41.7 Å². The summed E-state index contributed by atoms with van der Waals surface area (Å²) in [5, 5.41) is 1.07. The maximum Gasteiger partial charge on any atom is 0.349 e. The van der Waals surface area contributed by atoms with Crippen LogP contribution in [0, 0.1) is 5.92 Å². The second kappa shape index (κ2) is 6.19. The highest BCUT2D eigenvalue weighted by Crippen LogP contribution is 2.37. The Balaban J connectivity index is 2.20. The first-order chi connectivity index (χ1) is 10.6. The van der Waals surface area contributed by atoms with Crippen LogP contribution in [0.25, 0.3) is 11.0 Å². The molecule has 118 valence electrons. The molecule has 2 aromatic heterocycles. The van der Waals surface area contributed by atoms with Crippen molar-refractivity contribution in [3.8, 4) is 0 Å². The van der Waals surface area contributed by atoms with Crippen molar-refractivity contribution in [3.63, 3.8) is 0 Å². The average Bonchev–Trinajstić information content (AvgIpc) is 2.53. The lowest BCUT2D eigenvalue weighted by atomic mass is 9.80. The monoisotopic (exact) mass is 299 g/mol. The van der Waals surface area contributed by atoms with E-state index in [1.807, 2.05) is 6.92 Å². The van der Waals surface area contributed by atoms with E-state index < -0.39 is 0 Å². The molecule has 22 heavy (non-hydrogen) atoms. The SMILES string of the molecule is CCc1ccc2c(C3CCCC(C)C3)nc(=O)n(CC)c2n1. The van der Waals surface area contributed by atoms with Gasteiger partial charge in [-0.2, -0.15) is 4.98 Å². The molecule has 2 atom stereocenters. The van der Waals surface area contributed by atoms with Gasteiger partial charge in [0, 0.05) is 23.5 Å². The summed E-state index contributed by atoms with van der Waals surface area (Å²) in [4.78, 5) is 21.6. The van der Waals surface area contributed by atoms with Gasteiger partial charge < -0.3 is 0 Å². The fourth-order valence-electron chi connectivity index (χ4n) is 3.68. The first-order valence-corrected chi connectivity index (χ1v) is 8.54. The summed E-state index contributed by atoms with van der Waals surface area (Å²) >= 11 is 0. The minimum atomic E-state index is -0.149. The van der Waals surface area contributed by atoms with E-state index in [0.29, 0.717) is 18.4 Å². The largest absolute Gasteiger partial charge is 0.349 e. The highest BCUT2D eigenvalue weighted by atomic mass is 16.1. The number of rotatable bonds is 3. The minimum Gasteiger partial charge on any atom is -0.276 e. The molecule has 0 aliphatic heterocycles. The van der Waals surface area contributed by atoms with Gasteiger partial charge in [-0.3, -0.25) is 4.57 Å². The molecule has 0 radical (unpaired) electrons. The van der Waals surface area contributed by atoms with Crippen molar-refractivity contribution in [2.24, 2.45) is 5.92 Å². The molecule has 0 amide bonds. The molecule has 2 aromatic rings. The number of aromatic nitrogens is 3. The van der Waals surface area contributed by atoms with Gasteiger partial charge in [-0.05, 0) is 44.2 Å². The van der Waals surface area contributed by atoms with Crippen LogP contribution in [0.4, 0.5) is 0 Å². The van der Waals surface area contributed by atoms with Crippen molar-refractivity contribution in [2.75, 3.05) is 0 Å². The Morgan fingerprint density at radius 1 is 1.23 bits per heavy atom. The predicted octanol–water partition coefficient (Wildman–Crippen LogP) is 3.67. The number of hydrogen-bond donors (Lipinski definition) is 0. The first kappa shape index (κ1) is 15.2. The molecular formula is C18H25N3O. The zero-order valence-corrected chi connectivity index (χ0v) is 13.8. The molecular weight excluding hydrogens is 274 g/mol. The third kappa shape index (κ3) is 2.67. The Morgan fingerprint density at radius 2 is 2.05 bits per heavy atom. The second-order valence-electron chi connectivity index (χ2n) is 6.52. The third-order valence-corrected chi connectivity index (χ3v) is 4.91. The molecule has 3 rings (SSSR count). The Morgan fingerprint density at radius 3 is 2.73 bits per heavy atom. The van der Waals surface area contributed by atoms with Crippen LogP contribution in [0.1, 0.15) is 63.8 Å². The summed E-state index contributed by atoms with van der Waals surface area (Å²) in [6.45, 7) is 6.98. The maximum absolute atomic E-state index is 12.4. The zero-order valence-electron chi connectivity index (χ0n) is 13.8. The maximum atomic E-state index is 12.4. The number of nitrogens with zero attached hydrogens (tertiary/aromatic N) is 3. The summed E-state index contributed by atoms with van der Waals surface area (Å²) in [6, 6.07) is 4.19. The van der Waals surface area contributed by atoms with Gasteiger partial charge in [-0.15, -0.1) is 0 Å². The summed E-state index contributed by atoms with van der Waals surface area (Å²) in [6.07, 6.45) is 5.67. The predicted molar refractivity (Wildman–Crippen MR) is 89.2 cm³/mol. The molecule has 1 aliphatic rings. The van der Waals surface area contributed by atoms with Gasteiger partial charge in [0.15, 0.2) is 0 Å². The minimum absolute atomic E-state index is 0.149. The number of aryl methyl sites for hydroxylation is 2. The molecule has 0 aromatic carbocycles. The van der Waals surface area contributed by atoms with Crippen LogP contribution in [-0.4, -0.2) is 14.5 Å². The molecule has 4 heteroatoms. The highest BCUT2D eigenvalue weighted by Gasteiger charge is 2.25. The lowest BCUT2D eigenvalue weighted by Gasteiger charge is -2.27. The molecule has 1 fully saturated rings. The van der Waals surface area contributed by atoms with Gasteiger partial charge in [0.1, 0.15) is 5.65 Å². The van der Waals surface area contributed by atoms with Crippen molar-refractivity contribution in [1.29, 1.82) is 0 Å². The van der Waals surface area contributed by atoms with Crippen molar-refractivity contribution in [2.45, 2.75) is 65.3 Å². The molecule has 0 bridgehead atoms. The van der Waals surface area contributed by atoms with Gasteiger partial charge >= 0.3 is 5.69 Å². The van der Waals surface area contributed by atoms with Crippen molar-refractivity contribution >= 4 is 11.0 Å². The van der Waals surface area contributed by atoms with E-state index in [1.165, 1.54) is 12.8 Å². The lowest BCUT2D eigenvalue weighted by Crippen LogP contribution is -2.27. The molecule has 4 nitrogen and oxygen atoms in total. The Hall–Kier alpha value is -1.71. The first-order valence-electron chi connectivity index (χ1n) is 8.54. The molecule has 0 N–H and O–H groups in total. The van der Waals surface area contributed by atoms with Crippen molar-refractivity contribution < 1.29 is 0 Å². The smallest absolute Gasteiger partial charge is 0.276 e. The van der Waals surface area contributed by atoms with Crippen LogP contribution in [-0.2, 0) is 13.0 Å². The van der Waals surface area contributed by atoms with Crippen LogP contribution in [0.15, 0.2) is 16.9 Å². The van der Waals surface area contributed by atoms with E-state index in [-0.39, 0.29) is 5.69 Å². The standard InChI is InChI=1S/C18H25N3O/c1-4-14-9-10-15-16(13-8-6-7-12(3)11-13)20-18(22)21(5-2)17(15)19-14/h9-10,12-13H,4-8,11H2,1-3H3. The summed E-state index contributed by atoms with van der Waals surface area (Å²) < 4.78 is 1.70. The lowest BCUT2D eigenvalue weighted by molar-refractivity contribution is 0.340. The van der Waals surface area contributed by atoms with Gasteiger partial charge in [0.05, 0.1) is 5.69 Å². The van der Waals surface area contributed by atoms with Gasteiger partial charge in [0.25, 0.3) is 0 Å². The van der Waals surface area contributed by atoms with Crippen LogP contribution in [0.3, 0.4) is 0 Å². The number of fused-ring (bicyclic) bond motifs is 1. The zero-order chi connectivity index (χ0) is 15.7. The average molecular weight is 299 g/mol.